The number of carbonyl (C=O) groups excluding carboxylic acids is 1. The van der Waals surface area contributed by atoms with Crippen LogP contribution in [-0.4, -0.2) is 65.2 Å². The quantitative estimate of drug-likeness (QED) is 0.553. The normalized spacial score (nSPS) is 17.5. The molecule has 0 aliphatic carbocycles. The first-order chi connectivity index (χ1) is 17.2. The van der Waals surface area contributed by atoms with Crippen LogP contribution in [0.3, 0.4) is 0 Å². The summed E-state index contributed by atoms with van der Waals surface area (Å²) in [6.45, 7) is 5.38. The Kier molecular flexibility index (Phi) is 7.32. The lowest BCUT2D eigenvalue weighted by Crippen LogP contribution is -2.43. The number of nitrogens with one attached hydrogen (secondary N) is 1. The second-order valence-corrected chi connectivity index (χ2v) is 9.26. The molecule has 8 nitrogen and oxygen atoms in total. The summed E-state index contributed by atoms with van der Waals surface area (Å²) in [6, 6.07) is 9.83. The molecular formula is C26H31FN6O2. The zero-order valence-corrected chi connectivity index (χ0v) is 19.8. The molecule has 2 fully saturated rings. The van der Waals surface area contributed by atoms with Crippen molar-refractivity contribution in [1.29, 1.82) is 0 Å². The summed E-state index contributed by atoms with van der Waals surface area (Å²) in [7, 11) is 0. The van der Waals surface area contributed by atoms with E-state index in [2.05, 4.69) is 30.2 Å². The number of piperidine rings is 2. The van der Waals surface area contributed by atoms with E-state index in [1.54, 1.807) is 18.3 Å². The number of carbonyl (C=O) groups is 1. The van der Waals surface area contributed by atoms with Gasteiger partial charge in [-0.2, -0.15) is 4.98 Å². The van der Waals surface area contributed by atoms with E-state index in [4.69, 9.17) is 4.52 Å². The molecule has 1 amide bonds. The van der Waals surface area contributed by atoms with Gasteiger partial charge in [0.1, 0.15) is 11.6 Å². The van der Waals surface area contributed by atoms with Crippen LogP contribution in [0.25, 0.3) is 22.8 Å². The molecule has 2 aliphatic heterocycles. The average Bonchev–Trinajstić information content (AvgIpc) is 3.40. The van der Waals surface area contributed by atoms with E-state index in [1.807, 2.05) is 12.1 Å². The van der Waals surface area contributed by atoms with Crippen LogP contribution in [0.1, 0.15) is 32.1 Å². The molecule has 2 aliphatic rings. The van der Waals surface area contributed by atoms with Crippen LogP contribution < -0.4 is 10.2 Å². The second kappa shape index (κ2) is 10.9. The average molecular weight is 479 g/mol. The summed E-state index contributed by atoms with van der Waals surface area (Å²) in [4.78, 5) is 26.4. The molecule has 0 unspecified atom stereocenters. The van der Waals surface area contributed by atoms with Crippen molar-refractivity contribution >= 4 is 11.7 Å². The van der Waals surface area contributed by atoms with Crippen LogP contribution in [0.2, 0.25) is 0 Å². The first-order valence-electron chi connectivity index (χ1n) is 12.5. The molecule has 35 heavy (non-hydrogen) atoms. The van der Waals surface area contributed by atoms with E-state index in [1.165, 1.54) is 31.4 Å². The number of amides is 1. The Bertz CT molecular complexity index is 1140. The van der Waals surface area contributed by atoms with E-state index >= 15 is 0 Å². The van der Waals surface area contributed by atoms with Crippen LogP contribution in [0, 0.1) is 11.7 Å². The van der Waals surface area contributed by atoms with Gasteiger partial charge in [-0.05, 0) is 63.0 Å². The van der Waals surface area contributed by atoms with Crippen molar-refractivity contribution in [3.05, 3.63) is 48.4 Å². The Morgan fingerprint density at radius 3 is 2.71 bits per heavy atom. The first-order valence-corrected chi connectivity index (χ1v) is 12.5. The lowest BCUT2D eigenvalue weighted by atomic mass is 9.95. The SMILES string of the molecule is O=C(NCCN1CCCCC1)C1CCN(c2ncccc2-c2nc(-c3cccc(F)c3)no2)CC1. The predicted molar refractivity (Wildman–Crippen MR) is 131 cm³/mol. The summed E-state index contributed by atoms with van der Waals surface area (Å²) in [5.74, 6) is 1.24. The van der Waals surface area contributed by atoms with Gasteiger partial charge in [0.15, 0.2) is 0 Å². The van der Waals surface area contributed by atoms with Gasteiger partial charge in [-0.25, -0.2) is 9.37 Å². The molecule has 0 bridgehead atoms. The van der Waals surface area contributed by atoms with Crippen molar-refractivity contribution in [1.82, 2.24) is 25.3 Å². The highest BCUT2D eigenvalue weighted by Crippen LogP contribution is 2.32. The van der Waals surface area contributed by atoms with Gasteiger partial charge in [-0.15, -0.1) is 0 Å². The van der Waals surface area contributed by atoms with Gasteiger partial charge in [0.05, 0.1) is 5.56 Å². The summed E-state index contributed by atoms with van der Waals surface area (Å²) in [5, 5.41) is 7.17. The van der Waals surface area contributed by atoms with Crippen LogP contribution in [0.15, 0.2) is 47.1 Å². The highest BCUT2D eigenvalue weighted by atomic mass is 19.1. The summed E-state index contributed by atoms with van der Waals surface area (Å²) in [6.07, 6.45) is 7.12. The minimum Gasteiger partial charge on any atom is -0.356 e. The van der Waals surface area contributed by atoms with Gasteiger partial charge < -0.3 is 19.6 Å². The second-order valence-electron chi connectivity index (χ2n) is 9.26. The number of nitrogens with zero attached hydrogens (tertiary/aromatic N) is 5. The maximum Gasteiger partial charge on any atom is 0.261 e. The number of halogens is 1. The molecule has 2 aromatic heterocycles. The fraction of sp³-hybridized carbons (Fsp3) is 0.462. The third-order valence-corrected chi connectivity index (χ3v) is 6.87. The van der Waals surface area contributed by atoms with Crippen molar-refractivity contribution in [2.75, 3.05) is 44.2 Å². The van der Waals surface area contributed by atoms with E-state index in [0.717, 1.165) is 56.9 Å². The zero-order chi connectivity index (χ0) is 24.0. The van der Waals surface area contributed by atoms with Crippen molar-refractivity contribution in [3.63, 3.8) is 0 Å². The van der Waals surface area contributed by atoms with Crippen LogP contribution in [0.5, 0.6) is 0 Å². The predicted octanol–water partition coefficient (Wildman–Crippen LogP) is 3.76. The lowest BCUT2D eigenvalue weighted by molar-refractivity contribution is -0.125. The number of benzene rings is 1. The molecule has 5 rings (SSSR count). The van der Waals surface area contributed by atoms with Gasteiger partial charge in [-0.1, -0.05) is 23.7 Å². The summed E-state index contributed by atoms with van der Waals surface area (Å²) < 4.78 is 19.1. The van der Waals surface area contributed by atoms with Gasteiger partial charge in [0.25, 0.3) is 5.89 Å². The topological polar surface area (TPSA) is 87.4 Å². The number of anilines is 1. The molecule has 0 spiro atoms. The molecular weight excluding hydrogens is 447 g/mol. The molecule has 4 heterocycles. The molecule has 1 aromatic carbocycles. The van der Waals surface area contributed by atoms with Crippen LogP contribution in [-0.2, 0) is 4.79 Å². The number of likely N-dealkylation sites (tertiary alicyclic amines) is 1. The summed E-state index contributed by atoms with van der Waals surface area (Å²) in [5.41, 5.74) is 1.28. The standard InChI is InChI=1S/C26H31FN6O2/c27-21-7-4-6-20(18-21)23-30-26(35-31-23)22-8-5-11-28-24(22)33-15-9-19(10-16-33)25(34)29-12-17-32-13-2-1-3-14-32/h4-8,11,18-19H,1-3,9-10,12-17H2,(H,29,34). The third-order valence-electron chi connectivity index (χ3n) is 6.87. The van der Waals surface area contributed by atoms with Gasteiger partial charge in [-0.3, -0.25) is 4.79 Å². The van der Waals surface area contributed by atoms with E-state index in [-0.39, 0.29) is 17.6 Å². The molecule has 1 N–H and O–H groups in total. The lowest BCUT2D eigenvalue weighted by Gasteiger charge is -2.33. The van der Waals surface area contributed by atoms with Gasteiger partial charge >= 0.3 is 0 Å². The third kappa shape index (κ3) is 5.67. The maximum atomic E-state index is 13.6. The molecule has 9 heteroatoms. The maximum absolute atomic E-state index is 13.6. The number of hydrogen-bond acceptors (Lipinski definition) is 7. The summed E-state index contributed by atoms with van der Waals surface area (Å²) >= 11 is 0. The molecule has 3 aromatic rings. The van der Waals surface area contributed by atoms with Crippen LogP contribution >= 0.6 is 0 Å². The Morgan fingerprint density at radius 2 is 1.91 bits per heavy atom. The first kappa shape index (κ1) is 23.4. The van der Waals surface area contributed by atoms with Gasteiger partial charge in [0, 0.05) is 43.9 Å². The largest absolute Gasteiger partial charge is 0.356 e. The van der Waals surface area contributed by atoms with Crippen molar-refractivity contribution in [2.45, 2.75) is 32.1 Å². The van der Waals surface area contributed by atoms with Crippen molar-refractivity contribution in [2.24, 2.45) is 5.92 Å². The van der Waals surface area contributed by atoms with Crippen molar-refractivity contribution in [3.8, 4) is 22.8 Å². The van der Waals surface area contributed by atoms with E-state index in [9.17, 15) is 9.18 Å². The van der Waals surface area contributed by atoms with Crippen molar-refractivity contribution < 1.29 is 13.7 Å². The van der Waals surface area contributed by atoms with Crippen LogP contribution in [0.4, 0.5) is 10.2 Å². The number of rotatable bonds is 7. The molecule has 184 valence electrons. The molecule has 0 saturated carbocycles. The number of pyridine rings is 1. The molecule has 2 saturated heterocycles. The Labute approximate surface area is 204 Å². The minimum atomic E-state index is -0.352. The zero-order valence-electron chi connectivity index (χ0n) is 19.8. The highest BCUT2D eigenvalue weighted by Gasteiger charge is 2.28. The Balaban J connectivity index is 1.19. The molecule has 0 atom stereocenters. The fourth-order valence-corrected chi connectivity index (χ4v) is 4.91. The monoisotopic (exact) mass is 478 g/mol. The Morgan fingerprint density at radius 1 is 1.09 bits per heavy atom. The minimum absolute atomic E-state index is 0.0164. The van der Waals surface area contributed by atoms with E-state index < -0.39 is 0 Å². The van der Waals surface area contributed by atoms with E-state index in [0.29, 0.717) is 23.8 Å². The number of aromatic nitrogens is 3. The molecule has 0 radical (unpaired) electrons. The number of hydrogen-bond donors (Lipinski definition) is 1. The smallest absolute Gasteiger partial charge is 0.261 e. The fourth-order valence-electron chi connectivity index (χ4n) is 4.91. The highest BCUT2D eigenvalue weighted by molar-refractivity contribution is 5.79. The Hall–Kier alpha value is -3.33. The van der Waals surface area contributed by atoms with Gasteiger partial charge in [0.2, 0.25) is 11.7 Å².